The fourth-order valence-corrected chi connectivity index (χ4v) is 2.97. The highest BCUT2D eigenvalue weighted by molar-refractivity contribution is 5.90. The number of nitrogens with one attached hydrogen (secondary N) is 1. The van der Waals surface area contributed by atoms with Crippen molar-refractivity contribution in [1.29, 1.82) is 5.26 Å². The molecule has 1 saturated carbocycles. The molecule has 1 amide bonds. The first kappa shape index (κ1) is 21.5. The fourth-order valence-electron chi connectivity index (χ4n) is 2.97. The van der Waals surface area contributed by atoms with Crippen LogP contribution in [0.1, 0.15) is 50.2 Å². The van der Waals surface area contributed by atoms with Crippen LogP contribution in [0.3, 0.4) is 0 Å². The molecule has 8 heteroatoms. The third kappa shape index (κ3) is 5.84. The smallest absolute Gasteiger partial charge is 0.416 e. The number of amides is 1. The van der Waals surface area contributed by atoms with Crippen LogP contribution < -0.4 is 5.32 Å². The molecule has 1 aliphatic carbocycles. The number of hydrogen-bond donors (Lipinski definition) is 1. The van der Waals surface area contributed by atoms with E-state index in [9.17, 15) is 28.0 Å². The molecule has 0 bridgehead atoms. The maximum Gasteiger partial charge on any atom is 0.416 e. The fraction of sp³-hybridized carbons (Fsp3) is 0.450. The van der Waals surface area contributed by atoms with Crippen molar-refractivity contribution in [2.75, 3.05) is 0 Å². The second kappa shape index (κ2) is 8.91. The van der Waals surface area contributed by atoms with Crippen LogP contribution in [-0.4, -0.2) is 23.5 Å². The lowest BCUT2D eigenvalue weighted by molar-refractivity contribution is -0.150. The first-order valence-electron chi connectivity index (χ1n) is 8.94. The molecule has 5 nitrogen and oxygen atoms in total. The monoisotopic (exact) mass is 394 g/mol. The van der Waals surface area contributed by atoms with Crippen LogP contribution in [0.25, 0.3) is 6.08 Å². The summed E-state index contributed by atoms with van der Waals surface area (Å²) in [6, 6.07) is 6.42. The Morgan fingerprint density at radius 1 is 1.21 bits per heavy atom. The van der Waals surface area contributed by atoms with Crippen LogP contribution in [0, 0.1) is 11.3 Å². The zero-order valence-electron chi connectivity index (χ0n) is 15.4. The Hall–Kier alpha value is -2.82. The zero-order valence-corrected chi connectivity index (χ0v) is 15.4. The number of halogens is 3. The van der Waals surface area contributed by atoms with Crippen LogP contribution in [0.5, 0.6) is 0 Å². The third-order valence-corrected chi connectivity index (χ3v) is 4.60. The summed E-state index contributed by atoms with van der Waals surface area (Å²) < 4.78 is 42.6. The van der Waals surface area contributed by atoms with Gasteiger partial charge >= 0.3 is 12.1 Å². The van der Waals surface area contributed by atoms with Gasteiger partial charge in [0.05, 0.1) is 11.6 Å². The van der Waals surface area contributed by atoms with E-state index in [1.807, 2.05) is 0 Å². The molecule has 1 aliphatic rings. The standard InChI is InChI=1S/C20H21F3N2O3/c1-14(18(27)25-19(13-24)11-3-2-4-12-19)28-17(26)10-7-15-5-8-16(9-6-15)20(21,22)23/h5-10,14H,2-4,11-12H2,1H3,(H,25,27)/b10-7+/t14-/m1/s1. The highest BCUT2D eigenvalue weighted by atomic mass is 19.4. The molecule has 1 aromatic rings. The molecule has 0 heterocycles. The van der Waals surface area contributed by atoms with E-state index in [0.717, 1.165) is 37.5 Å². The molecule has 0 aromatic heterocycles. The lowest BCUT2D eigenvalue weighted by Crippen LogP contribution is -2.52. The average Bonchev–Trinajstić information content (AvgIpc) is 2.66. The van der Waals surface area contributed by atoms with Crippen molar-refractivity contribution in [3.05, 3.63) is 41.5 Å². The molecule has 1 atom stereocenters. The Balaban J connectivity index is 1.90. The third-order valence-electron chi connectivity index (χ3n) is 4.60. The van der Waals surface area contributed by atoms with Crippen LogP contribution in [0.15, 0.2) is 30.3 Å². The molecule has 1 N–H and O–H groups in total. The highest BCUT2D eigenvalue weighted by Crippen LogP contribution is 2.29. The molecular formula is C20H21F3N2O3. The van der Waals surface area contributed by atoms with E-state index in [-0.39, 0.29) is 0 Å². The second-order valence-electron chi connectivity index (χ2n) is 6.78. The van der Waals surface area contributed by atoms with Crippen molar-refractivity contribution in [3.8, 4) is 6.07 Å². The van der Waals surface area contributed by atoms with Crippen molar-refractivity contribution in [3.63, 3.8) is 0 Å². The van der Waals surface area contributed by atoms with E-state index in [0.29, 0.717) is 18.4 Å². The molecule has 0 aliphatic heterocycles. The van der Waals surface area contributed by atoms with Crippen LogP contribution >= 0.6 is 0 Å². The van der Waals surface area contributed by atoms with Gasteiger partial charge < -0.3 is 10.1 Å². The minimum Gasteiger partial charge on any atom is -0.449 e. The van der Waals surface area contributed by atoms with E-state index >= 15 is 0 Å². The van der Waals surface area contributed by atoms with E-state index < -0.39 is 35.3 Å². The van der Waals surface area contributed by atoms with Gasteiger partial charge in [-0.3, -0.25) is 4.79 Å². The van der Waals surface area contributed by atoms with E-state index in [4.69, 9.17) is 4.74 Å². The van der Waals surface area contributed by atoms with Gasteiger partial charge in [0.25, 0.3) is 5.91 Å². The van der Waals surface area contributed by atoms with Crippen LogP contribution in [0.4, 0.5) is 13.2 Å². The highest BCUT2D eigenvalue weighted by Gasteiger charge is 2.35. The predicted octanol–water partition coefficient (Wildman–Crippen LogP) is 3.99. The van der Waals surface area contributed by atoms with Gasteiger partial charge in [0.1, 0.15) is 5.54 Å². The van der Waals surface area contributed by atoms with Gasteiger partial charge in [-0.1, -0.05) is 31.4 Å². The van der Waals surface area contributed by atoms with Gasteiger partial charge in [0, 0.05) is 6.08 Å². The second-order valence-corrected chi connectivity index (χ2v) is 6.78. The Morgan fingerprint density at radius 2 is 1.82 bits per heavy atom. The topological polar surface area (TPSA) is 79.2 Å². The number of carbonyl (C=O) groups is 2. The Bertz CT molecular complexity index is 773. The summed E-state index contributed by atoms with van der Waals surface area (Å²) in [6.45, 7) is 1.40. The molecular weight excluding hydrogens is 373 g/mol. The van der Waals surface area contributed by atoms with Gasteiger partial charge in [0.15, 0.2) is 6.10 Å². The van der Waals surface area contributed by atoms with Crippen LogP contribution in [-0.2, 0) is 20.5 Å². The summed E-state index contributed by atoms with van der Waals surface area (Å²) in [5.74, 6) is -1.36. The van der Waals surface area contributed by atoms with Gasteiger partial charge in [-0.05, 0) is 43.5 Å². The minimum absolute atomic E-state index is 0.382. The first-order valence-corrected chi connectivity index (χ1v) is 8.94. The maximum absolute atomic E-state index is 12.5. The van der Waals surface area contributed by atoms with E-state index in [1.54, 1.807) is 0 Å². The van der Waals surface area contributed by atoms with Crippen LogP contribution in [0.2, 0.25) is 0 Å². The largest absolute Gasteiger partial charge is 0.449 e. The summed E-state index contributed by atoms with van der Waals surface area (Å²) in [5, 5.41) is 12.1. The molecule has 2 rings (SSSR count). The number of alkyl halides is 3. The van der Waals surface area contributed by atoms with Gasteiger partial charge in [-0.15, -0.1) is 0 Å². The molecule has 150 valence electrons. The predicted molar refractivity (Wildman–Crippen MR) is 95.6 cm³/mol. The molecule has 1 fully saturated rings. The molecule has 0 unspecified atom stereocenters. The average molecular weight is 394 g/mol. The lowest BCUT2D eigenvalue weighted by Gasteiger charge is -2.32. The minimum atomic E-state index is -4.43. The van der Waals surface area contributed by atoms with E-state index in [2.05, 4.69) is 11.4 Å². The molecule has 28 heavy (non-hydrogen) atoms. The number of benzene rings is 1. The number of hydrogen-bond acceptors (Lipinski definition) is 4. The van der Waals surface area contributed by atoms with Gasteiger partial charge in [-0.25, -0.2) is 4.79 Å². The van der Waals surface area contributed by atoms with E-state index in [1.165, 1.54) is 25.1 Å². The van der Waals surface area contributed by atoms with Crippen molar-refractivity contribution >= 4 is 18.0 Å². The summed E-state index contributed by atoms with van der Waals surface area (Å²) in [5.41, 5.74) is -1.33. The number of nitrogens with zero attached hydrogens (tertiary/aromatic N) is 1. The number of carbonyl (C=O) groups excluding carboxylic acids is 2. The first-order chi connectivity index (χ1) is 13.1. The summed E-state index contributed by atoms with van der Waals surface area (Å²) in [7, 11) is 0. The summed E-state index contributed by atoms with van der Waals surface area (Å²) in [4.78, 5) is 24.1. The maximum atomic E-state index is 12.5. The quantitative estimate of drug-likeness (QED) is 0.605. The SMILES string of the molecule is C[C@@H](OC(=O)/C=C/c1ccc(C(F)(F)F)cc1)C(=O)NC1(C#N)CCCCC1. The van der Waals surface area contributed by atoms with Crippen molar-refractivity contribution in [2.45, 2.75) is 56.8 Å². The molecule has 0 radical (unpaired) electrons. The number of ether oxygens (including phenoxy) is 1. The Kier molecular flexibility index (Phi) is 6.84. The number of nitriles is 1. The Labute approximate surface area is 161 Å². The number of esters is 1. The summed E-state index contributed by atoms with van der Waals surface area (Å²) >= 11 is 0. The van der Waals surface area contributed by atoms with Gasteiger partial charge in [-0.2, -0.15) is 18.4 Å². The molecule has 0 spiro atoms. The van der Waals surface area contributed by atoms with Crippen molar-refractivity contribution in [1.82, 2.24) is 5.32 Å². The molecule has 1 aromatic carbocycles. The number of rotatable bonds is 5. The van der Waals surface area contributed by atoms with Crippen molar-refractivity contribution in [2.24, 2.45) is 0 Å². The van der Waals surface area contributed by atoms with Crippen molar-refractivity contribution < 1.29 is 27.5 Å². The van der Waals surface area contributed by atoms with Gasteiger partial charge in [0.2, 0.25) is 0 Å². The summed E-state index contributed by atoms with van der Waals surface area (Å²) in [6.07, 6.45) is 0.625. The zero-order chi connectivity index (χ0) is 20.8. The lowest BCUT2D eigenvalue weighted by atomic mass is 9.83. The Morgan fingerprint density at radius 3 is 2.36 bits per heavy atom. The normalized spacial score (nSPS) is 17.5. The molecule has 0 saturated heterocycles.